The van der Waals surface area contributed by atoms with Gasteiger partial charge >= 0.3 is 17.8 Å². The fourth-order valence-corrected chi connectivity index (χ4v) is 3.65. The number of nitrogens with zero attached hydrogens (tertiary/aromatic N) is 2. The molecule has 8 nitrogen and oxygen atoms in total. The highest BCUT2D eigenvalue weighted by Gasteiger charge is 2.49. The molecule has 2 fully saturated rings. The molecule has 0 bridgehead atoms. The van der Waals surface area contributed by atoms with Gasteiger partial charge in [0.1, 0.15) is 12.3 Å². The zero-order valence-electron chi connectivity index (χ0n) is 15.4. The Balaban J connectivity index is 1.67. The molecule has 0 radical (unpaired) electrons. The SMILES string of the molecule is COc1ccc(NC(=O)CN2C(=O)C(=O)N([C@H]3CCCC[C@H]3C)C2=O)cc1. The first kappa shape index (κ1) is 18.9. The Labute approximate surface area is 157 Å². The lowest BCUT2D eigenvalue weighted by Gasteiger charge is -2.34. The molecule has 0 unspecified atom stereocenters. The number of hydrogen-bond donors (Lipinski definition) is 1. The monoisotopic (exact) mass is 373 g/mol. The van der Waals surface area contributed by atoms with Crippen LogP contribution in [-0.2, 0) is 14.4 Å². The first-order valence-electron chi connectivity index (χ1n) is 9.05. The fraction of sp³-hybridized carbons (Fsp3) is 0.474. The van der Waals surface area contributed by atoms with Crippen LogP contribution < -0.4 is 10.1 Å². The van der Waals surface area contributed by atoms with E-state index in [1.54, 1.807) is 24.3 Å². The van der Waals surface area contributed by atoms with Gasteiger partial charge in [-0.25, -0.2) is 9.69 Å². The van der Waals surface area contributed by atoms with E-state index in [1.165, 1.54) is 7.11 Å². The molecule has 1 aliphatic heterocycles. The van der Waals surface area contributed by atoms with E-state index in [0.717, 1.165) is 29.1 Å². The van der Waals surface area contributed by atoms with Crippen LogP contribution in [0.2, 0.25) is 0 Å². The zero-order chi connectivity index (χ0) is 19.6. The number of carbonyl (C=O) groups excluding carboxylic acids is 4. The van der Waals surface area contributed by atoms with E-state index in [1.807, 2.05) is 6.92 Å². The van der Waals surface area contributed by atoms with E-state index in [0.29, 0.717) is 17.9 Å². The lowest BCUT2D eigenvalue weighted by molar-refractivity contribution is -0.145. The Hall–Kier alpha value is -2.90. The van der Waals surface area contributed by atoms with Crippen LogP contribution >= 0.6 is 0 Å². The van der Waals surface area contributed by atoms with Crippen LogP contribution in [0.5, 0.6) is 5.75 Å². The Morgan fingerprint density at radius 2 is 1.78 bits per heavy atom. The van der Waals surface area contributed by atoms with Gasteiger partial charge in [-0.1, -0.05) is 19.8 Å². The molecular formula is C19H23N3O5. The van der Waals surface area contributed by atoms with Crippen LogP contribution in [-0.4, -0.2) is 53.2 Å². The summed E-state index contributed by atoms with van der Waals surface area (Å²) >= 11 is 0. The number of urea groups is 1. The molecule has 8 heteroatoms. The van der Waals surface area contributed by atoms with Crippen molar-refractivity contribution in [3.63, 3.8) is 0 Å². The number of amides is 5. The van der Waals surface area contributed by atoms with Gasteiger partial charge in [0.2, 0.25) is 5.91 Å². The molecule has 1 N–H and O–H groups in total. The minimum atomic E-state index is -0.942. The molecule has 1 aromatic carbocycles. The largest absolute Gasteiger partial charge is 0.497 e. The standard InChI is InChI=1S/C19H23N3O5/c1-12-5-3-4-6-15(12)22-18(25)17(24)21(19(22)26)11-16(23)20-13-7-9-14(27-2)10-8-13/h7-10,12,15H,3-6,11H2,1-2H3,(H,20,23)/t12-,15+/m1/s1. The topological polar surface area (TPSA) is 96.0 Å². The Morgan fingerprint density at radius 1 is 1.11 bits per heavy atom. The number of benzene rings is 1. The molecule has 2 atom stereocenters. The number of methoxy groups -OCH3 is 1. The lowest BCUT2D eigenvalue weighted by atomic mass is 9.85. The van der Waals surface area contributed by atoms with E-state index in [2.05, 4.69) is 5.32 Å². The third-order valence-electron chi connectivity index (χ3n) is 5.16. The van der Waals surface area contributed by atoms with Gasteiger partial charge in [0, 0.05) is 11.7 Å². The maximum absolute atomic E-state index is 12.7. The van der Waals surface area contributed by atoms with Gasteiger partial charge < -0.3 is 10.1 Å². The Morgan fingerprint density at radius 3 is 2.41 bits per heavy atom. The highest BCUT2D eigenvalue weighted by molar-refractivity contribution is 6.45. The molecule has 1 aromatic rings. The number of ether oxygens (including phenoxy) is 1. The van der Waals surface area contributed by atoms with Crippen LogP contribution in [0.3, 0.4) is 0 Å². The van der Waals surface area contributed by atoms with Crippen molar-refractivity contribution in [1.29, 1.82) is 0 Å². The molecule has 0 spiro atoms. The number of imide groups is 2. The van der Waals surface area contributed by atoms with Crippen LogP contribution in [0.25, 0.3) is 0 Å². The quantitative estimate of drug-likeness (QED) is 0.629. The van der Waals surface area contributed by atoms with Crippen LogP contribution in [0.1, 0.15) is 32.6 Å². The molecule has 0 aromatic heterocycles. The normalized spacial score (nSPS) is 23.0. The summed E-state index contributed by atoms with van der Waals surface area (Å²) in [5.74, 6) is -1.54. The van der Waals surface area contributed by atoms with Gasteiger partial charge in [-0.05, 0) is 43.0 Å². The Bertz CT molecular complexity index is 761. The number of anilines is 1. The average Bonchev–Trinajstić information content (AvgIpc) is 2.86. The van der Waals surface area contributed by atoms with E-state index < -0.39 is 30.3 Å². The number of rotatable bonds is 5. The second-order valence-electron chi connectivity index (χ2n) is 6.95. The first-order chi connectivity index (χ1) is 12.9. The summed E-state index contributed by atoms with van der Waals surface area (Å²) < 4.78 is 5.05. The summed E-state index contributed by atoms with van der Waals surface area (Å²) in [5, 5.41) is 2.61. The van der Waals surface area contributed by atoms with E-state index in [-0.39, 0.29) is 12.0 Å². The van der Waals surface area contributed by atoms with Crippen molar-refractivity contribution in [1.82, 2.24) is 9.80 Å². The summed E-state index contributed by atoms with van der Waals surface area (Å²) in [6.07, 6.45) is 3.57. The van der Waals surface area contributed by atoms with Gasteiger partial charge in [0.15, 0.2) is 0 Å². The fourth-order valence-electron chi connectivity index (χ4n) is 3.65. The Kier molecular flexibility index (Phi) is 5.43. The molecule has 144 valence electrons. The molecule has 1 heterocycles. The highest BCUT2D eigenvalue weighted by atomic mass is 16.5. The lowest BCUT2D eigenvalue weighted by Crippen LogP contribution is -2.46. The minimum absolute atomic E-state index is 0.146. The average molecular weight is 373 g/mol. The smallest absolute Gasteiger partial charge is 0.334 e. The summed E-state index contributed by atoms with van der Waals surface area (Å²) in [5.41, 5.74) is 0.504. The maximum atomic E-state index is 12.7. The minimum Gasteiger partial charge on any atom is -0.497 e. The highest BCUT2D eigenvalue weighted by Crippen LogP contribution is 2.31. The van der Waals surface area contributed by atoms with E-state index >= 15 is 0 Å². The molecule has 5 amide bonds. The van der Waals surface area contributed by atoms with Crippen molar-refractivity contribution in [2.75, 3.05) is 19.0 Å². The van der Waals surface area contributed by atoms with Gasteiger partial charge in [0.25, 0.3) is 0 Å². The summed E-state index contributed by atoms with van der Waals surface area (Å²) in [6.45, 7) is 1.49. The number of hydrogen-bond acceptors (Lipinski definition) is 5. The van der Waals surface area contributed by atoms with Crippen LogP contribution in [0.15, 0.2) is 24.3 Å². The van der Waals surface area contributed by atoms with Crippen molar-refractivity contribution in [3.8, 4) is 5.75 Å². The van der Waals surface area contributed by atoms with Crippen LogP contribution in [0.4, 0.5) is 10.5 Å². The molecule has 2 aliphatic rings. The first-order valence-corrected chi connectivity index (χ1v) is 9.05. The molecule has 1 aliphatic carbocycles. The molecule has 3 rings (SSSR count). The third-order valence-corrected chi connectivity index (χ3v) is 5.16. The second kappa shape index (κ2) is 7.77. The molecular weight excluding hydrogens is 350 g/mol. The summed E-state index contributed by atoms with van der Waals surface area (Å²) in [7, 11) is 1.54. The van der Waals surface area contributed by atoms with E-state index in [4.69, 9.17) is 4.74 Å². The maximum Gasteiger partial charge on any atom is 0.334 e. The number of nitrogens with one attached hydrogen (secondary N) is 1. The van der Waals surface area contributed by atoms with Gasteiger partial charge in [0.05, 0.1) is 7.11 Å². The molecule has 27 heavy (non-hydrogen) atoms. The van der Waals surface area contributed by atoms with Crippen molar-refractivity contribution < 1.29 is 23.9 Å². The predicted octanol–water partition coefficient (Wildman–Crippen LogP) is 2.00. The molecule has 1 saturated heterocycles. The summed E-state index contributed by atoms with van der Waals surface area (Å²) in [4.78, 5) is 51.3. The third kappa shape index (κ3) is 3.79. The van der Waals surface area contributed by atoms with Crippen molar-refractivity contribution in [3.05, 3.63) is 24.3 Å². The zero-order valence-corrected chi connectivity index (χ0v) is 15.4. The van der Waals surface area contributed by atoms with Crippen molar-refractivity contribution in [2.45, 2.75) is 38.6 Å². The second-order valence-corrected chi connectivity index (χ2v) is 6.95. The van der Waals surface area contributed by atoms with Crippen LogP contribution in [0, 0.1) is 5.92 Å². The van der Waals surface area contributed by atoms with Gasteiger partial charge in [-0.3, -0.25) is 19.3 Å². The van der Waals surface area contributed by atoms with Gasteiger partial charge in [-0.15, -0.1) is 0 Å². The van der Waals surface area contributed by atoms with Gasteiger partial charge in [-0.2, -0.15) is 0 Å². The van der Waals surface area contributed by atoms with Crippen molar-refractivity contribution in [2.24, 2.45) is 5.92 Å². The van der Waals surface area contributed by atoms with Crippen molar-refractivity contribution >= 4 is 29.4 Å². The predicted molar refractivity (Wildman–Crippen MR) is 97.0 cm³/mol. The molecule has 1 saturated carbocycles. The number of carbonyl (C=O) groups is 4. The summed E-state index contributed by atoms with van der Waals surface area (Å²) in [6, 6.07) is 5.66. The van der Waals surface area contributed by atoms with E-state index in [9.17, 15) is 19.2 Å².